The minimum Gasteiger partial charge on any atom is -0.489 e. The van der Waals surface area contributed by atoms with E-state index >= 15 is 0 Å². The Morgan fingerprint density at radius 2 is 1.15 bits per heavy atom. The van der Waals surface area contributed by atoms with Crippen LogP contribution in [0.25, 0.3) is 23.1 Å². The molecule has 71 heavy (non-hydrogen) atoms. The zero-order valence-corrected chi connectivity index (χ0v) is 43.2. The van der Waals surface area contributed by atoms with Gasteiger partial charge in [0.1, 0.15) is 25.1 Å². The summed E-state index contributed by atoms with van der Waals surface area (Å²) in [5, 5.41) is 5.57. The van der Waals surface area contributed by atoms with Gasteiger partial charge in [-0.15, -0.1) is 5.10 Å². The Bertz CT molecular complexity index is 2630. The van der Waals surface area contributed by atoms with Crippen molar-refractivity contribution >= 4 is 46.9 Å². The van der Waals surface area contributed by atoms with Crippen molar-refractivity contribution in [2.45, 2.75) is 134 Å². The molecule has 1 aliphatic heterocycles. The predicted octanol–water partition coefficient (Wildman–Crippen LogP) is 10.6. The van der Waals surface area contributed by atoms with Gasteiger partial charge in [-0.05, 0) is 124 Å². The lowest BCUT2D eigenvalue weighted by molar-refractivity contribution is -0.294. The first-order chi connectivity index (χ1) is 33.4. The Hall–Kier alpha value is -6.51. The molecule has 5 aromatic rings. The number of hydrogen-bond acceptors (Lipinski definition) is 13. The summed E-state index contributed by atoms with van der Waals surface area (Å²) in [6, 6.07) is 33.2. The van der Waals surface area contributed by atoms with E-state index < -0.39 is 82.8 Å². The third-order valence-corrected chi connectivity index (χ3v) is 11.3. The highest BCUT2D eigenvalue weighted by atomic mass is 16.7. The van der Waals surface area contributed by atoms with E-state index in [1.807, 2.05) is 115 Å². The van der Waals surface area contributed by atoms with Gasteiger partial charge in [0.15, 0.2) is 12.2 Å². The number of nitrogens with zero attached hydrogens (tertiary/aromatic N) is 2. The van der Waals surface area contributed by atoms with E-state index in [-0.39, 0.29) is 5.88 Å². The zero-order chi connectivity index (χ0) is 51.7. The van der Waals surface area contributed by atoms with Gasteiger partial charge in [0.05, 0.1) is 52.3 Å². The van der Waals surface area contributed by atoms with Gasteiger partial charge >= 0.3 is 23.9 Å². The van der Waals surface area contributed by atoms with Gasteiger partial charge in [-0.3, -0.25) is 23.9 Å². The number of aromatic nitrogens is 2. The van der Waals surface area contributed by atoms with Crippen molar-refractivity contribution in [3.63, 3.8) is 0 Å². The van der Waals surface area contributed by atoms with Crippen LogP contribution in [0.15, 0.2) is 103 Å². The average Bonchev–Trinajstić information content (AvgIpc) is 3.66. The molecule has 1 fully saturated rings. The molecule has 14 nitrogen and oxygen atoms in total. The lowest BCUT2D eigenvalue weighted by Crippen LogP contribution is -2.65. The molecule has 0 spiro atoms. The molecule has 5 atom stereocenters. The van der Waals surface area contributed by atoms with E-state index in [1.54, 1.807) is 87.8 Å². The number of carbonyl (C=O) groups is 4. The van der Waals surface area contributed by atoms with Crippen LogP contribution in [0.5, 0.6) is 11.6 Å². The maximum atomic E-state index is 14.0. The van der Waals surface area contributed by atoms with Gasteiger partial charge in [0.2, 0.25) is 18.3 Å². The third-order valence-electron chi connectivity index (χ3n) is 11.3. The number of carbonyl (C=O) groups excluding carboxylic acids is 4. The fourth-order valence-corrected chi connectivity index (χ4v) is 7.06. The molecule has 1 aromatic heterocycles. The van der Waals surface area contributed by atoms with Crippen molar-refractivity contribution in [2.24, 2.45) is 21.7 Å². The maximum absolute atomic E-state index is 14.0. The monoisotopic (exact) mass is 974 g/mol. The average molecular weight is 975 g/mol. The number of benzene rings is 4. The minimum absolute atomic E-state index is 0.0848. The number of hydrogen-bond donors (Lipinski definition) is 0. The molecule has 1 aliphatic rings. The second-order valence-electron chi connectivity index (χ2n) is 21.9. The zero-order valence-electron chi connectivity index (χ0n) is 43.2. The Morgan fingerprint density at radius 3 is 1.75 bits per heavy atom. The van der Waals surface area contributed by atoms with Crippen LogP contribution in [-0.2, 0) is 67.4 Å². The summed E-state index contributed by atoms with van der Waals surface area (Å²) >= 11 is 0. The molecule has 0 unspecified atom stereocenters. The summed E-state index contributed by atoms with van der Waals surface area (Å²) in [5.41, 5.74) is 0.264. The molecular weight excluding hydrogens is 905 g/mol. The van der Waals surface area contributed by atoms with Gasteiger partial charge in [0, 0.05) is 0 Å². The predicted molar refractivity (Wildman–Crippen MR) is 270 cm³/mol. The summed E-state index contributed by atoms with van der Waals surface area (Å²) in [7, 11) is 0. The molecule has 0 radical (unpaired) electrons. The highest BCUT2D eigenvalue weighted by Crippen LogP contribution is 2.38. The fraction of sp³-hybridized carbons (Fsp3) is 0.456. The summed E-state index contributed by atoms with van der Waals surface area (Å²) < 4.78 is 52.1. The molecule has 380 valence electrons. The Morgan fingerprint density at radius 1 is 0.606 bits per heavy atom. The molecule has 14 heteroatoms. The second kappa shape index (κ2) is 22.7. The minimum atomic E-state index is -1.57. The van der Waals surface area contributed by atoms with E-state index in [2.05, 4.69) is 0 Å². The molecule has 6 rings (SSSR count). The lowest BCUT2D eigenvalue weighted by atomic mass is 9.93. The molecule has 4 aromatic carbocycles. The molecule has 1 saturated heterocycles. The molecule has 0 amide bonds. The number of ether oxygens (including phenoxy) is 8. The van der Waals surface area contributed by atoms with E-state index in [1.165, 1.54) is 0 Å². The fourth-order valence-electron chi connectivity index (χ4n) is 7.06. The van der Waals surface area contributed by atoms with Crippen LogP contribution in [0.4, 0.5) is 0 Å². The van der Waals surface area contributed by atoms with E-state index in [4.69, 9.17) is 43.0 Å². The van der Waals surface area contributed by atoms with Crippen LogP contribution in [0.1, 0.15) is 105 Å². The topological polar surface area (TPSA) is 160 Å². The van der Waals surface area contributed by atoms with E-state index in [9.17, 15) is 19.2 Å². The number of esters is 4. The van der Waals surface area contributed by atoms with Crippen LogP contribution in [-0.4, -0.2) is 77.6 Å². The molecular formula is C57H70N2O12. The van der Waals surface area contributed by atoms with Crippen molar-refractivity contribution in [2.75, 3.05) is 13.2 Å². The number of fused-ring (bicyclic) bond motifs is 1. The van der Waals surface area contributed by atoms with Crippen molar-refractivity contribution in [3.8, 4) is 11.6 Å². The van der Waals surface area contributed by atoms with Crippen LogP contribution >= 0.6 is 0 Å². The molecule has 0 N–H and O–H groups in total. The first-order valence-corrected chi connectivity index (χ1v) is 24.1. The largest absolute Gasteiger partial charge is 0.489 e. The molecule has 0 aliphatic carbocycles. The van der Waals surface area contributed by atoms with Gasteiger partial charge in [-0.2, -0.15) is 0 Å². The third kappa shape index (κ3) is 14.8. The van der Waals surface area contributed by atoms with Crippen LogP contribution in [0.2, 0.25) is 0 Å². The highest BCUT2D eigenvalue weighted by Gasteiger charge is 2.56. The van der Waals surface area contributed by atoms with Gasteiger partial charge in [0.25, 0.3) is 0 Å². The standard InChI is InChI=1S/C57H70N2O12/c1-54(2,3)50(60)66-36-43-45(68-51(61)55(4,5)6)46(69-52(62)56(7,8)9)47(70-53(63)57(10,11)12)49(67-43)71-48-44-40(30-29-37-25-19-27-41(33-37)65-35-39-23-17-14-18-24-39)26-20-28-42(44)59(58-48)31-32-64-34-38-21-15-13-16-22-38/h13-30,33,43,45-47,49H,31-32,34-36H2,1-12H3/b30-29+/t43-,45-,46+,47-,49+/m1/s1. The Balaban J connectivity index is 1.45. The lowest BCUT2D eigenvalue weighted by Gasteiger charge is -2.45. The van der Waals surface area contributed by atoms with Crippen molar-refractivity contribution in [3.05, 3.63) is 125 Å². The molecule has 0 saturated carbocycles. The summed E-state index contributed by atoms with van der Waals surface area (Å²) in [4.78, 5) is 55.2. The normalized spacial score (nSPS) is 18.7. The van der Waals surface area contributed by atoms with Gasteiger partial charge < -0.3 is 37.9 Å². The molecule has 0 bridgehead atoms. The maximum Gasteiger partial charge on any atom is 0.311 e. The van der Waals surface area contributed by atoms with Crippen LogP contribution < -0.4 is 9.47 Å². The van der Waals surface area contributed by atoms with Crippen LogP contribution in [0.3, 0.4) is 0 Å². The van der Waals surface area contributed by atoms with E-state index in [0.29, 0.717) is 48.6 Å². The van der Waals surface area contributed by atoms with Crippen molar-refractivity contribution in [1.29, 1.82) is 0 Å². The van der Waals surface area contributed by atoms with Crippen molar-refractivity contribution < 1.29 is 57.1 Å². The first-order valence-electron chi connectivity index (χ1n) is 24.1. The van der Waals surface area contributed by atoms with Crippen LogP contribution in [0, 0.1) is 21.7 Å². The van der Waals surface area contributed by atoms with Gasteiger partial charge in [-0.1, -0.05) is 97.1 Å². The van der Waals surface area contributed by atoms with Gasteiger partial charge in [-0.25, -0.2) is 0 Å². The Labute approximate surface area is 417 Å². The smallest absolute Gasteiger partial charge is 0.311 e. The Kier molecular flexibility index (Phi) is 17.2. The second-order valence-corrected chi connectivity index (χ2v) is 21.9. The van der Waals surface area contributed by atoms with E-state index in [0.717, 1.165) is 16.7 Å². The quantitative estimate of drug-likeness (QED) is 0.0375. The molecule has 2 heterocycles. The highest BCUT2D eigenvalue weighted by molar-refractivity contribution is 5.95. The summed E-state index contributed by atoms with van der Waals surface area (Å²) in [5.74, 6) is -1.81. The summed E-state index contributed by atoms with van der Waals surface area (Å²) in [6.07, 6.45) is -3.49. The van der Waals surface area contributed by atoms with Crippen molar-refractivity contribution in [1.82, 2.24) is 9.78 Å². The number of rotatable bonds is 17. The summed E-state index contributed by atoms with van der Waals surface area (Å²) in [6.45, 7) is 21.1. The first kappa shape index (κ1) is 53.8. The SMILES string of the molecule is CC(C)(C)C(=O)OC[C@H]1O[C@@H](Oc2nn(CCOCc3ccccc3)c3cccc(/C=C/c4cccc(OCc5ccccc5)c4)c23)[C@H](OC(=O)C(C)(C)C)[C@@H](OC(=O)C(C)(C)C)[C@@H]1OC(=O)C(C)(C)C.